The van der Waals surface area contributed by atoms with Gasteiger partial charge in [-0.05, 0) is 18.2 Å². The third kappa shape index (κ3) is 5.88. The third-order valence-corrected chi connectivity index (χ3v) is 3.37. The zero-order valence-electron chi connectivity index (χ0n) is 12.9. The van der Waals surface area contributed by atoms with Crippen molar-refractivity contribution in [3.63, 3.8) is 0 Å². The molecule has 4 heteroatoms. The molecule has 0 aromatic heterocycles. The number of benzene rings is 2. The lowest BCUT2D eigenvalue weighted by Gasteiger charge is -2.23. The third-order valence-electron chi connectivity index (χ3n) is 3.37. The quantitative estimate of drug-likeness (QED) is 0.850. The van der Waals surface area contributed by atoms with Crippen LogP contribution in [0.15, 0.2) is 60.7 Å². The monoisotopic (exact) mass is 318 g/mol. The number of amides is 1. The van der Waals surface area contributed by atoms with Crippen LogP contribution in [0.3, 0.4) is 0 Å². The van der Waals surface area contributed by atoms with Gasteiger partial charge in [0.2, 0.25) is 5.91 Å². The van der Waals surface area contributed by atoms with Gasteiger partial charge in [0.05, 0.1) is 0 Å². The molecular weight excluding hydrogens is 296 g/mol. The number of carbonyl (C=O) groups excluding carboxylic acids is 1. The summed E-state index contributed by atoms with van der Waals surface area (Å²) in [4.78, 5) is 14.3. The van der Waals surface area contributed by atoms with Gasteiger partial charge in [-0.2, -0.15) is 0 Å². The summed E-state index contributed by atoms with van der Waals surface area (Å²) in [7, 11) is 1.87. The van der Waals surface area contributed by atoms with E-state index in [-0.39, 0.29) is 18.3 Å². The van der Waals surface area contributed by atoms with Crippen LogP contribution >= 0.6 is 12.4 Å². The molecule has 0 heterocycles. The van der Waals surface area contributed by atoms with Gasteiger partial charge in [-0.15, -0.1) is 12.4 Å². The first-order valence-electron chi connectivity index (χ1n) is 7.30. The molecule has 0 aliphatic rings. The summed E-state index contributed by atoms with van der Waals surface area (Å²) in [6, 6.07) is 20.3. The van der Waals surface area contributed by atoms with Gasteiger partial charge in [-0.25, -0.2) is 0 Å². The molecule has 0 unspecified atom stereocenters. The lowest BCUT2D eigenvalue weighted by atomic mass is 10.1. The van der Waals surface area contributed by atoms with Crippen molar-refractivity contribution in [2.45, 2.75) is 19.5 Å². The maximum atomic E-state index is 12.4. The van der Waals surface area contributed by atoms with Crippen LogP contribution in [-0.4, -0.2) is 24.4 Å². The smallest absolute Gasteiger partial charge is 0.224 e. The first-order valence-corrected chi connectivity index (χ1v) is 7.30. The molecule has 3 nitrogen and oxygen atoms in total. The molecule has 0 aliphatic carbocycles. The van der Waals surface area contributed by atoms with Crippen LogP contribution < -0.4 is 5.32 Å². The van der Waals surface area contributed by atoms with E-state index in [0.717, 1.165) is 11.1 Å². The van der Waals surface area contributed by atoms with E-state index < -0.39 is 0 Å². The fourth-order valence-electron chi connectivity index (χ4n) is 2.23. The van der Waals surface area contributed by atoms with Crippen LogP contribution in [0.4, 0.5) is 0 Å². The maximum absolute atomic E-state index is 12.4. The van der Waals surface area contributed by atoms with E-state index in [0.29, 0.717) is 26.1 Å². The van der Waals surface area contributed by atoms with Gasteiger partial charge >= 0.3 is 0 Å². The van der Waals surface area contributed by atoms with Crippen LogP contribution in [0.1, 0.15) is 17.5 Å². The average molecular weight is 319 g/mol. The largest absolute Gasteiger partial charge is 0.334 e. The molecule has 0 radical (unpaired) electrons. The van der Waals surface area contributed by atoms with Crippen molar-refractivity contribution in [2.75, 3.05) is 13.6 Å². The zero-order chi connectivity index (χ0) is 14.9. The molecule has 2 aromatic rings. The van der Waals surface area contributed by atoms with Crippen LogP contribution in [0.5, 0.6) is 0 Å². The van der Waals surface area contributed by atoms with Crippen molar-refractivity contribution in [2.24, 2.45) is 0 Å². The highest BCUT2D eigenvalue weighted by atomic mass is 35.5. The number of rotatable bonds is 7. The Labute approximate surface area is 138 Å². The standard InChI is InChI=1S/C18H22N2O.ClH/c1-19-13-12-18(21)20(14-16-8-4-2-5-9-16)15-17-10-6-3-7-11-17;/h2-11,19H,12-15H2,1H3;1H. The van der Waals surface area contributed by atoms with Gasteiger partial charge in [0.25, 0.3) is 0 Å². The predicted octanol–water partition coefficient (Wildman–Crippen LogP) is 3.25. The molecule has 2 aromatic carbocycles. The summed E-state index contributed by atoms with van der Waals surface area (Å²) in [5.74, 6) is 0.178. The second kappa shape index (κ2) is 9.98. The van der Waals surface area contributed by atoms with Crippen LogP contribution in [0, 0.1) is 0 Å². The van der Waals surface area contributed by atoms with Gasteiger partial charge < -0.3 is 10.2 Å². The number of nitrogens with one attached hydrogen (secondary N) is 1. The van der Waals surface area contributed by atoms with Crippen molar-refractivity contribution in [1.82, 2.24) is 10.2 Å². The number of nitrogens with zero attached hydrogens (tertiary/aromatic N) is 1. The first-order chi connectivity index (χ1) is 10.3. The molecule has 0 bridgehead atoms. The summed E-state index contributed by atoms with van der Waals surface area (Å²) < 4.78 is 0. The fraction of sp³-hybridized carbons (Fsp3) is 0.278. The van der Waals surface area contributed by atoms with E-state index in [4.69, 9.17) is 0 Å². The van der Waals surface area contributed by atoms with Crippen molar-refractivity contribution >= 4 is 18.3 Å². The molecule has 0 fully saturated rings. The predicted molar refractivity (Wildman–Crippen MR) is 92.9 cm³/mol. The van der Waals surface area contributed by atoms with Crippen LogP contribution in [-0.2, 0) is 17.9 Å². The fourth-order valence-corrected chi connectivity index (χ4v) is 2.23. The van der Waals surface area contributed by atoms with E-state index in [1.165, 1.54) is 0 Å². The Morgan fingerprint density at radius 2 is 1.36 bits per heavy atom. The van der Waals surface area contributed by atoms with E-state index in [9.17, 15) is 4.79 Å². The van der Waals surface area contributed by atoms with Crippen LogP contribution in [0.25, 0.3) is 0 Å². The Bertz CT molecular complexity index is 504. The molecular formula is C18H23ClN2O. The molecule has 0 atom stereocenters. The van der Waals surface area contributed by atoms with Crippen molar-refractivity contribution < 1.29 is 4.79 Å². The molecule has 0 aliphatic heterocycles. The van der Waals surface area contributed by atoms with Gasteiger partial charge in [-0.1, -0.05) is 60.7 Å². The molecule has 1 amide bonds. The van der Waals surface area contributed by atoms with Crippen molar-refractivity contribution in [3.8, 4) is 0 Å². The topological polar surface area (TPSA) is 32.3 Å². The summed E-state index contributed by atoms with van der Waals surface area (Å²) in [6.45, 7) is 2.01. The van der Waals surface area contributed by atoms with Gasteiger partial charge in [0.1, 0.15) is 0 Å². The molecule has 1 N–H and O–H groups in total. The highest BCUT2D eigenvalue weighted by Crippen LogP contribution is 2.11. The maximum Gasteiger partial charge on any atom is 0.224 e. The summed E-state index contributed by atoms with van der Waals surface area (Å²) >= 11 is 0. The van der Waals surface area contributed by atoms with Crippen LogP contribution in [0.2, 0.25) is 0 Å². The summed E-state index contributed by atoms with van der Waals surface area (Å²) in [5, 5.41) is 3.03. The van der Waals surface area contributed by atoms with Crippen molar-refractivity contribution in [3.05, 3.63) is 71.8 Å². The van der Waals surface area contributed by atoms with E-state index in [2.05, 4.69) is 29.6 Å². The minimum Gasteiger partial charge on any atom is -0.334 e. The Hall–Kier alpha value is -1.84. The average Bonchev–Trinajstić information content (AvgIpc) is 2.54. The van der Waals surface area contributed by atoms with Gasteiger partial charge in [0.15, 0.2) is 0 Å². The zero-order valence-corrected chi connectivity index (χ0v) is 13.7. The lowest BCUT2D eigenvalue weighted by molar-refractivity contribution is -0.132. The molecule has 22 heavy (non-hydrogen) atoms. The molecule has 118 valence electrons. The second-order valence-corrected chi connectivity index (χ2v) is 5.07. The molecule has 0 saturated carbocycles. The highest BCUT2D eigenvalue weighted by molar-refractivity contribution is 5.85. The first kappa shape index (κ1) is 18.2. The minimum atomic E-state index is 0. The van der Waals surface area contributed by atoms with Gasteiger partial charge in [-0.3, -0.25) is 4.79 Å². The lowest BCUT2D eigenvalue weighted by Crippen LogP contribution is -2.32. The van der Waals surface area contributed by atoms with E-state index in [1.54, 1.807) is 0 Å². The Morgan fingerprint density at radius 3 is 1.77 bits per heavy atom. The number of carbonyl (C=O) groups is 1. The molecule has 2 rings (SSSR count). The SMILES string of the molecule is CNCCC(=O)N(Cc1ccccc1)Cc1ccccc1.Cl. The summed E-state index contributed by atoms with van der Waals surface area (Å²) in [5.41, 5.74) is 2.32. The van der Waals surface area contributed by atoms with Gasteiger partial charge in [0, 0.05) is 26.1 Å². The summed E-state index contributed by atoms with van der Waals surface area (Å²) in [6.07, 6.45) is 0.524. The van der Waals surface area contributed by atoms with E-state index >= 15 is 0 Å². The number of halogens is 1. The number of hydrogen-bond acceptors (Lipinski definition) is 2. The Morgan fingerprint density at radius 1 is 0.909 bits per heavy atom. The second-order valence-electron chi connectivity index (χ2n) is 5.07. The molecule has 0 saturated heterocycles. The van der Waals surface area contributed by atoms with E-state index in [1.807, 2.05) is 48.3 Å². The normalized spacial score (nSPS) is 9.86. The Balaban J connectivity index is 0.00000242. The Kier molecular flexibility index (Phi) is 8.26. The van der Waals surface area contributed by atoms with Crippen molar-refractivity contribution in [1.29, 1.82) is 0 Å². The highest BCUT2D eigenvalue weighted by Gasteiger charge is 2.13. The number of hydrogen-bond donors (Lipinski definition) is 1. The molecule has 0 spiro atoms. The minimum absolute atomic E-state index is 0.